The number of oxime groups is 1. The van der Waals surface area contributed by atoms with Crippen molar-refractivity contribution in [3.63, 3.8) is 0 Å². The normalized spacial score (nSPS) is 14.3. The molecule has 0 fully saturated rings. The second kappa shape index (κ2) is 5.21. The average molecular weight is 231 g/mol. The highest BCUT2D eigenvalue weighted by molar-refractivity contribution is 8.02. The summed E-state index contributed by atoms with van der Waals surface area (Å²) in [5.41, 5.74) is 6.54. The highest BCUT2D eigenvalue weighted by atomic mass is 32.2. The Morgan fingerprint density at radius 3 is 3.00 bits per heavy atom. The van der Waals surface area contributed by atoms with Gasteiger partial charge in [-0.2, -0.15) is 0 Å². The number of aryl methyl sites for hydroxylation is 1. The zero-order chi connectivity index (χ0) is 10.6. The van der Waals surface area contributed by atoms with Crippen molar-refractivity contribution in [1.29, 1.82) is 0 Å². The van der Waals surface area contributed by atoms with Crippen molar-refractivity contribution in [3.05, 3.63) is 11.1 Å². The molecule has 0 aliphatic carbocycles. The molecule has 6 heteroatoms. The Bertz CT molecular complexity index is 324. The Morgan fingerprint density at radius 2 is 2.57 bits per heavy atom. The van der Waals surface area contributed by atoms with E-state index in [-0.39, 0.29) is 11.1 Å². The molecule has 0 aliphatic rings. The molecule has 0 saturated carbocycles. The number of rotatable bonds is 4. The molecule has 0 amide bonds. The highest BCUT2D eigenvalue weighted by Crippen LogP contribution is 2.28. The van der Waals surface area contributed by atoms with Crippen LogP contribution in [0.4, 0.5) is 0 Å². The van der Waals surface area contributed by atoms with Crippen LogP contribution in [0.2, 0.25) is 0 Å². The average Bonchev–Trinajstić information content (AvgIpc) is 2.59. The molecule has 1 aromatic heterocycles. The maximum Gasteiger partial charge on any atom is 0.152 e. The molecule has 0 aliphatic heterocycles. The van der Waals surface area contributed by atoms with Crippen molar-refractivity contribution >= 4 is 28.9 Å². The van der Waals surface area contributed by atoms with E-state index in [1.807, 2.05) is 19.2 Å². The van der Waals surface area contributed by atoms with E-state index in [9.17, 15) is 0 Å². The Kier molecular flexibility index (Phi) is 4.21. The minimum Gasteiger partial charge on any atom is -0.409 e. The Labute approximate surface area is 91.2 Å². The molecule has 1 heterocycles. The first-order valence-corrected chi connectivity index (χ1v) is 5.99. The fraction of sp³-hybridized carbons (Fsp3) is 0.500. The Balaban J connectivity index is 2.66. The number of nitrogens with zero attached hydrogens (tertiary/aromatic N) is 2. The minimum atomic E-state index is 0.00514. The maximum atomic E-state index is 8.55. The summed E-state index contributed by atoms with van der Waals surface area (Å²) >= 11 is 3.11. The van der Waals surface area contributed by atoms with E-state index >= 15 is 0 Å². The molecule has 0 aromatic carbocycles. The van der Waals surface area contributed by atoms with E-state index in [1.54, 1.807) is 11.3 Å². The SMILES string of the molecule is CCC(Sc1nc(C)cs1)C(N)=NO. The van der Waals surface area contributed by atoms with E-state index in [0.29, 0.717) is 0 Å². The van der Waals surface area contributed by atoms with Crippen LogP contribution in [0.25, 0.3) is 0 Å². The van der Waals surface area contributed by atoms with E-state index in [0.717, 1.165) is 16.5 Å². The Hall–Kier alpha value is -0.750. The van der Waals surface area contributed by atoms with Gasteiger partial charge in [-0.1, -0.05) is 23.8 Å². The van der Waals surface area contributed by atoms with Gasteiger partial charge in [0.1, 0.15) is 0 Å². The summed E-state index contributed by atoms with van der Waals surface area (Å²) in [7, 11) is 0. The molecule has 0 bridgehead atoms. The minimum absolute atomic E-state index is 0.00514. The van der Waals surface area contributed by atoms with Crippen LogP contribution in [0.15, 0.2) is 14.9 Å². The molecule has 0 saturated heterocycles. The summed E-state index contributed by atoms with van der Waals surface area (Å²) in [5.74, 6) is 0.255. The van der Waals surface area contributed by atoms with Gasteiger partial charge in [-0.15, -0.1) is 11.3 Å². The van der Waals surface area contributed by atoms with Gasteiger partial charge in [-0.25, -0.2) is 4.98 Å². The number of aromatic nitrogens is 1. The van der Waals surface area contributed by atoms with Gasteiger partial charge in [-0.3, -0.25) is 0 Å². The predicted octanol–water partition coefficient (Wildman–Crippen LogP) is 2.07. The van der Waals surface area contributed by atoms with E-state index in [4.69, 9.17) is 10.9 Å². The molecular formula is C8H13N3OS2. The zero-order valence-corrected chi connectivity index (χ0v) is 9.73. The summed E-state index contributed by atoms with van der Waals surface area (Å²) in [6.07, 6.45) is 0.819. The van der Waals surface area contributed by atoms with Gasteiger partial charge in [0.15, 0.2) is 10.2 Å². The van der Waals surface area contributed by atoms with Gasteiger partial charge in [-0.05, 0) is 13.3 Å². The first kappa shape index (κ1) is 11.3. The second-order valence-electron chi connectivity index (χ2n) is 2.79. The molecule has 4 nitrogen and oxygen atoms in total. The maximum absolute atomic E-state index is 8.55. The number of hydrogen-bond acceptors (Lipinski definition) is 5. The van der Waals surface area contributed by atoms with Crippen molar-refractivity contribution in [3.8, 4) is 0 Å². The Morgan fingerprint density at radius 1 is 1.86 bits per heavy atom. The van der Waals surface area contributed by atoms with Crippen molar-refractivity contribution < 1.29 is 5.21 Å². The third kappa shape index (κ3) is 2.88. The zero-order valence-electron chi connectivity index (χ0n) is 8.10. The largest absolute Gasteiger partial charge is 0.409 e. The quantitative estimate of drug-likeness (QED) is 0.273. The molecule has 1 aromatic rings. The summed E-state index contributed by atoms with van der Waals surface area (Å²) in [4.78, 5) is 4.30. The molecule has 1 atom stereocenters. The molecule has 0 radical (unpaired) electrons. The summed E-state index contributed by atoms with van der Waals surface area (Å²) in [6.45, 7) is 3.95. The molecule has 0 spiro atoms. The second-order valence-corrected chi connectivity index (χ2v) is 5.10. The fourth-order valence-electron chi connectivity index (χ4n) is 0.925. The van der Waals surface area contributed by atoms with E-state index in [1.165, 1.54) is 11.8 Å². The lowest BCUT2D eigenvalue weighted by Gasteiger charge is -2.09. The predicted molar refractivity (Wildman–Crippen MR) is 60.2 cm³/mol. The van der Waals surface area contributed by atoms with Crippen LogP contribution in [-0.4, -0.2) is 21.3 Å². The van der Waals surface area contributed by atoms with Gasteiger partial charge in [0.25, 0.3) is 0 Å². The fourth-order valence-corrected chi connectivity index (χ4v) is 2.94. The first-order chi connectivity index (χ1) is 6.67. The van der Waals surface area contributed by atoms with Crippen LogP contribution in [0.5, 0.6) is 0 Å². The molecule has 78 valence electrons. The highest BCUT2D eigenvalue weighted by Gasteiger charge is 2.15. The standard InChI is InChI=1S/C8H13N3OS2/c1-3-6(7(9)11-12)14-8-10-5(2)4-13-8/h4,6,12H,3H2,1-2H3,(H2,9,11). The lowest BCUT2D eigenvalue weighted by atomic mass is 10.3. The molecule has 3 N–H and O–H groups in total. The van der Waals surface area contributed by atoms with Gasteiger partial charge < -0.3 is 10.9 Å². The van der Waals surface area contributed by atoms with Crippen LogP contribution >= 0.6 is 23.1 Å². The van der Waals surface area contributed by atoms with Crippen molar-refractivity contribution in [2.75, 3.05) is 0 Å². The van der Waals surface area contributed by atoms with E-state index < -0.39 is 0 Å². The van der Waals surface area contributed by atoms with Crippen molar-refractivity contribution in [2.24, 2.45) is 10.9 Å². The van der Waals surface area contributed by atoms with Gasteiger partial charge >= 0.3 is 0 Å². The first-order valence-electron chi connectivity index (χ1n) is 4.23. The van der Waals surface area contributed by atoms with Crippen LogP contribution in [0, 0.1) is 6.92 Å². The molecule has 1 rings (SSSR count). The third-order valence-electron chi connectivity index (χ3n) is 1.66. The van der Waals surface area contributed by atoms with Crippen LogP contribution < -0.4 is 5.73 Å². The van der Waals surface area contributed by atoms with Crippen molar-refractivity contribution in [2.45, 2.75) is 29.9 Å². The summed E-state index contributed by atoms with van der Waals surface area (Å²) < 4.78 is 0.959. The van der Waals surface area contributed by atoms with Crippen LogP contribution in [0.3, 0.4) is 0 Å². The third-order valence-corrected chi connectivity index (χ3v) is 4.14. The lowest BCUT2D eigenvalue weighted by Crippen LogP contribution is -2.25. The monoisotopic (exact) mass is 231 g/mol. The summed E-state index contributed by atoms with van der Waals surface area (Å²) in [5, 5.41) is 13.6. The number of amidine groups is 1. The topological polar surface area (TPSA) is 71.5 Å². The number of thioether (sulfide) groups is 1. The number of nitrogens with two attached hydrogens (primary N) is 1. The smallest absolute Gasteiger partial charge is 0.152 e. The van der Waals surface area contributed by atoms with Crippen molar-refractivity contribution in [1.82, 2.24) is 4.98 Å². The van der Waals surface area contributed by atoms with Gasteiger partial charge in [0.2, 0.25) is 0 Å². The summed E-state index contributed by atoms with van der Waals surface area (Å²) in [6, 6.07) is 0. The lowest BCUT2D eigenvalue weighted by molar-refractivity contribution is 0.317. The van der Waals surface area contributed by atoms with Crippen LogP contribution in [-0.2, 0) is 0 Å². The van der Waals surface area contributed by atoms with Crippen LogP contribution in [0.1, 0.15) is 19.0 Å². The van der Waals surface area contributed by atoms with Gasteiger partial charge in [0.05, 0.1) is 5.25 Å². The molecule has 1 unspecified atom stereocenters. The van der Waals surface area contributed by atoms with E-state index in [2.05, 4.69) is 10.1 Å². The molecule has 14 heavy (non-hydrogen) atoms. The number of thiazole rings is 1. The molecular weight excluding hydrogens is 218 g/mol. The van der Waals surface area contributed by atoms with Gasteiger partial charge in [0, 0.05) is 11.1 Å². The number of hydrogen-bond donors (Lipinski definition) is 2.